The zero-order valence-corrected chi connectivity index (χ0v) is 14.3. The van der Waals surface area contributed by atoms with Gasteiger partial charge in [-0.2, -0.15) is 4.98 Å². The van der Waals surface area contributed by atoms with Crippen LogP contribution in [-0.4, -0.2) is 20.1 Å². The van der Waals surface area contributed by atoms with Crippen LogP contribution in [0, 0.1) is 6.92 Å². The first-order valence-corrected chi connectivity index (χ1v) is 8.03. The molecule has 0 fully saturated rings. The quantitative estimate of drug-likeness (QED) is 0.760. The fraction of sp³-hybridized carbons (Fsp3) is 0.333. The molecule has 1 N–H and O–H groups in total. The highest BCUT2D eigenvalue weighted by Gasteiger charge is 2.15. The van der Waals surface area contributed by atoms with E-state index in [-0.39, 0.29) is 12.0 Å². The molecule has 0 saturated heterocycles. The van der Waals surface area contributed by atoms with Crippen molar-refractivity contribution in [3.8, 4) is 11.4 Å². The molecule has 6 nitrogen and oxygen atoms in total. The molecule has 2 aromatic heterocycles. The minimum absolute atomic E-state index is 0.0638. The molecule has 2 heterocycles. The molecule has 0 radical (unpaired) electrons. The summed E-state index contributed by atoms with van der Waals surface area (Å²) in [4.78, 5) is 13.2. The largest absolute Gasteiger partial charge is 0.374 e. The van der Waals surface area contributed by atoms with E-state index in [2.05, 4.69) is 25.4 Å². The topological polar surface area (TPSA) is 76.7 Å². The molecule has 0 bridgehead atoms. The van der Waals surface area contributed by atoms with Crippen molar-refractivity contribution in [3.05, 3.63) is 53.9 Å². The lowest BCUT2D eigenvalue weighted by molar-refractivity contribution is 0.361. The Hall–Kier alpha value is -2.76. The van der Waals surface area contributed by atoms with Crippen molar-refractivity contribution in [1.82, 2.24) is 20.1 Å². The zero-order chi connectivity index (χ0) is 17.1. The monoisotopic (exact) mass is 323 g/mol. The summed E-state index contributed by atoms with van der Waals surface area (Å²) in [6.45, 7) is 8.03. The molecule has 3 aromatic rings. The molecule has 0 saturated carbocycles. The van der Waals surface area contributed by atoms with Crippen LogP contribution in [0.2, 0.25) is 0 Å². The van der Waals surface area contributed by atoms with Gasteiger partial charge in [-0.25, -0.2) is 9.97 Å². The Morgan fingerprint density at radius 2 is 1.75 bits per heavy atom. The third-order valence-electron chi connectivity index (χ3n) is 3.67. The Morgan fingerprint density at radius 1 is 1.00 bits per heavy atom. The first kappa shape index (κ1) is 16.1. The lowest BCUT2D eigenvalue weighted by atomic mass is 10.1. The molecule has 0 aliphatic heterocycles. The van der Waals surface area contributed by atoms with Gasteiger partial charge in [0, 0.05) is 29.1 Å². The Labute approximate surface area is 141 Å². The summed E-state index contributed by atoms with van der Waals surface area (Å²) in [7, 11) is 0. The van der Waals surface area contributed by atoms with Crippen molar-refractivity contribution in [2.24, 2.45) is 0 Å². The summed E-state index contributed by atoms with van der Waals surface area (Å²) in [5.74, 6) is 2.30. The van der Waals surface area contributed by atoms with E-state index in [1.54, 1.807) is 6.20 Å². The second-order valence-corrected chi connectivity index (χ2v) is 6.11. The van der Waals surface area contributed by atoms with Crippen molar-refractivity contribution in [1.29, 1.82) is 0 Å². The van der Waals surface area contributed by atoms with E-state index in [0.29, 0.717) is 5.89 Å². The molecule has 0 unspecified atom stereocenters. The van der Waals surface area contributed by atoms with Crippen molar-refractivity contribution >= 4 is 5.69 Å². The van der Waals surface area contributed by atoms with Crippen LogP contribution in [0.15, 0.2) is 41.1 Å². The maximum Gasteiger partial charge on any atom is 0.248 e. The van der Waals surface area contributed by atoms with Crippen molar-refractivity contribution in [3.63, 3.8) is 0 Å². The minimum Gasteiger partial charge on any atom is -0.374 e. The second-order valence-electron chi connectivity index (χ2n) is 6.11. The van der Waals surface area contributed by atoms with Crippen LogP contribution >= 0.6 is 0 Å². The van der Waals surface area contributed by atoms with E-state index in [9.17, 15) is 0 Å². The smallest absolute Gasteiger partial charge is 0.248 e. The summed E-state index contributed by atoms with van der Waals surface area (Å²) < 4.78 is 5.32. The second kappa shape index (κ2) is 6.78. The molecular weight excluding hydrogens is 302 g/mol. The first-order chi connectivity index (χ1) is 11.5. The Kier molecular flexibility index (Phi) is 4.55. The fourth-order valence-electron chi connectivity index (χ4n) is 2.27. The van der Waals surface area contributed by atoms with Gasteiger partial charge in [-0.1, -0.05) is 19.0 Å². The number of rotatable bonds is 5. The summed E-state index contributed by atoms with van der Waals surface area (Å²) >= 11 is 0. The predicted octanol–water partition coefficient (Wildman–Crippen LogP) is 4.13. The van der Waals surface area contributed by atoms with Crippen LogP contribution in [0.3, 0.4) is 0 Å². The Morgan fingerprint density at radius 3 is 2.38 bits per heavy atom. The van der Waals surface area contributed by atoms with Crippen LogP contribution in [0.4, 0.5) is 5.69 Å². The Bertz CT molecular complexity index is 810. The molecule has 124 valence electrons. The molecule has 24 heavy (non-hydrogen) atoms. The molecule has 0 aliphatic carbocycles. The van der Waals surface area contributed by atoms with E-state index < -0.39 is 0 Å². The molecule has 0 spiro atoms. The molecule has 1 atom stereocenters. The molecule has 1 aromatic carbocycles. The van der Waals surface area contributed by atoms with Crippen molar-refractivity contribution < 1.29 is 4.52 Å². The highest BCUT2D eigenvalue weighted by atomic mass is 16.5. The summed E-state index contributed by atoms with van der Waals surface area (Å²) in [6, 6.07) is 9.81. The van der Waals surface area contributed by atoms with Crippen LogP contribution < -0.4 is 5.32 Å². The summed E-state index contributed by atoms with van der Waals surface area (Å²) in [5.41, 5.74) is 2.91. The van der Waals surface area contributed by atoms with Crippen LogP contribution in [0.25, 0.3) is 11.4 Å². The molecule has 3 rings (SSSR count). The standard InChI is InChI=1S/C18H21N5O/c1-11(2)16-22-18(24-23-16)13(4)21-15-7-5-14(6-8-15)17-19-10-9-12(3)20-17/h5-11,13,21H,1-4H3/t13-/m1/s1. The summed E-state index contributed by atoms with van der Waals surface area (Å²) in [6.07, 6.45) is 1.77. The lowest BCUT2D eigenvalue weighted by Gasteiger charge is -2.11. The minimum atomic E-state index is -0.0638. The van der Waals surface area contributed by atoms with Crippen LogP contribution in [0.1, 0.15) is 50.1 Å². The molecule has 0 aliphatic rings. The van der Waals surface area contributed by atoms with Crippen molar-refractivity contribution in [2.75, 3.05) is 5.32 Å². The lowest BCUT2D eigenvalue weighted by Crippen LogP contribution is -2.07. The fourth-order valence-corrected chi connectivity index (χ4v) is 2.27. The van der Waals surface area contributed by atoms with E-state index in [1.807, 2.05) is 58.0 Å². The van der Waals surface area contributed by atoms with E-state index in [0.717, 1.165) is 28.6 Å². The van der Waals surface area contributed by atoms with E-state index in [4.69, 9.17) is 4.52 Å². The average Bonchev–Trinajstić information content (AvgIpc) is 3.06. The number of benzene rings is 1. The number of aryl methyl sites for hydroxylation is 1. The van der Waals surface area contributed by atoms with E-state index >= 15 is 0 Å². The van der Waals surface area contributed by atoms with Gasteiger partial charge in [0.25, 0.3) is 0 Å². The Balaban J connectivity index is 1.71. The van der Waals surface area contributed by atoms with Gasteiger partial charge in [0.05, 0.1) is 0 Å². The third kappa shape index (κ3) is 3.59. The number of aromatic nitrogens is 4. The van der Waals surface area contributed by atoms with Crippen LogP contribution in [-0.2, 0) is 0 Å². The maximum absolute atomic E-state index is 5.32. The molecular formula is C18H21N5O. The van der Waals surface area contributed by atoms with Gasteiger partial charge in [0.1, 0.15) is 6.04 Å². The highest BCUT2D eigenvalue weighted by molar-refractivity contribution is 5.59. The molecule has 6 heteroatoms. The van der Waals surface area contributed by atoms with Gasteiger partial charge in [-0.15, -0.1) is 0 Å². The van der Waals surface area contributed by atoms with Crippen LogP contribution in [0.5, 0.6) is 0 Å². The number of hydrogen-bond acceptors (Lipinski definition) is 6. The van der Waals surface area contributed by atoms with Gasteiger partial charge in [0.2, 0.25) is 5.89 Å². The third-order valence-corrected chi connectivity index (χ3v) is 3.67. The van der Waals surface area contributed by atoms with Gasteiger partial charge in [-0.05, 0) is 44.2 Å². The van der Waals surface area contributed by atoms with Gasteiger partial charge in [-0.3, -0.25) is 0 Å². The zero-order valence-electron chi connectivity index (χ0n) is 14.3. The molecule has 0 amide bonds. The number of hydrogen-bond donors (Lipinski definition) is 1. The number of nitrogens with zero attached hydrogens (tertiary/aromatic N) is 4. The number of nitrogens with one attached hydrogen (secondary N) is 1. The van der Waals surface area contributed by atoms with Gasteiger partial charge < -0.3 is 9.84 Å². The first-order valence-electron chi connectivity index (χ1n) is 8.03. The SMILES string of the molecule is Cc1ccnc(-c2ccc(N[C@H](C)c3nc(C(C)C)no3)cc2)n1. The van der Waals surface area contributed by atoms with E-state index in [1.165, 1.54) is 0 Å². The number of anilines is 1. The average molecular weight is 323 g/mol. The predicted molar refractivity (Wildman–Crippen MR) is 92.6 cm³/mol. The highest BCUT2D eigenvalue weighted by Crippen LogP contribution is 2.22. The normalized spacial score (nSPS) is 12.4. The maximum atomic E-state index is 5.32. The van der Waals surface area contributed by atoms with Gasteiger partial charge in [0.15, 0.2) is 11.6 Å². The van der Waals surface area contributed by atoms with Crippen molar-refractivity contribution in [2.45, 2.75) is 39.7 Å². The summed E-state index contributed by atoms with van der Waals surface area (Å²) in [5, 5.41) is 7.36. The van der Waals surface area contributed by atoms with Gasteiger partial charge >= 0.3 is 0 Å².